The minimum absolute atomic E-state index is 0.266. The normalized spacial score (nSPS) is 14.3. The second kappa shape index (κ2) is 7.66. The Morgan fingerprint density at radius 1 is 1.24 bits per heavy atom. The number of hydrogen-bond donors (Lipinski definition) is 1. The summed E-state index contributed by atoms with van der Waals surface area (Å²) in [5.74, 6) is -0.613. The maximum atomic E-state index is 14.4. The number of amides is 1. The Balaban J connectivity index is 1.69. The molecule has 1 amide bonds. The second-order valence-electron chi connectivity index (χ2n) is 6.06. The summed E-state index contributed by atoms with van der Waals surface area (Å²) < 4.78 is 14.4. The molecule has 1 N–H and O–H groups in total. The molecule has 0 atom stereocenters. The van der Waals surface area contributed by atoms with E-state index < -0.39 is 0 Å². The monoisotopic (exact) mass is 359 g/mol. The van der Waals surface area contributed by atoms with E-state index in [1.807, 2.05) is 13.0 Å². The van der Waals surface area contributed by atoms with Crippen molar-refractivity contribution in [1.82, 2.24) is 5.43 Å². The molecule has 1 saturated heterocycles. The van der Waals surface area contributed by atoms with Crippen LogP contribution in [-0.4, -0.2) is 25.2 Å². The Hall–Kier alpha value is -2.40. The van der Waals surface area contributed by atoms with Gasteiger partial charge < -0.3 is 4.90 Å². The van der Waals surface area contributed by atoms with Gasteiger partial charge in [-0.1, -0.05) is 11.6 Å². The first-order valence-corrected chi connectivity index (χ1v) is 8.56. The summed E-state index contributed by atoms with van der Waals surface area (Å²) >= 11 is 5.79. The molecule has 1 fully saturated rings. The largest absolute Gasteiger partial charge is 0.369 e. The number of nitrogens with zero attached hydrogens (tertiary/aromatic N) is 2. The van der Waals surface area contributed by atoms with E-state index in [1.54, 1.807) is 24.3 Å². The van der Waals surface area contributed by atoms with Crippen molar-refractivity contribution in [2.75, 3.05) is 18.0 Å². The van der Waals surface area contributed by atoms with Crippen LogP contribution in [-0.2, 0) is 0 Å². The lowest BCUT2D eigenvalue weighted by atomic mass is 10.1. The van der Waals surface area contributed by atoms with Crippen molar-refractivity contribution in [2.45, 2.75) is 19.8 Å². The molecule has 1 heterocycles. The van der Waals surface area contributed by atoms with Gasteiger partial charge in [-0.05, 0) is 61.7 Å². The highest BCUT2D eigenvalue weighted by Crippen LogP contribution is 2.26. The predicted molar refractivity (Wildman–Crippen MR) is 99.1 cm³/mol. The predicted octanol–water partition coefficient (Wildman–Crippen LogP) is 4.15. The van der Waals surface area contributed by atoms with Crippen molar-refractivity contribution in [3.63, 3.8) is 0 Å². The molecule has 0 unspecified atom stereocenters. The van der Waals surface area contributed by atoms with E-state index in [0.717, 1.165) is 31.5 Å². The number of halogens is 2. The van der Waals surface area contributed by atoms with Gasteiger partial charge in [-0.3, -0.25) is 4.79 Å². The lowest BCUT2D eigenvalue weighted by Crippen LogP contribution is -2.19. The van der Waals surface area contributed by atoms with Gasteiger partial charge in [0.05, 0.1) is 11.9 Å². The molecule has 0 aliphatic carbocycles. The van der Waals surface area contributed by atoms with Crippen LogP contribution in [0.1, 0.15) is 34.3 Å². The molecule has 25 heavy (non-hydrogen) atoms. The average molecular weight is 360 g/mol. The van der Waals surface area contributed by atoms with Gasteiger partial charge in [0.15, 0.2) is 0 Å². The average Bonchev–Trinajstić information content (AvgIpc) is 3.12. The van der Waals surface area contributed by atoms with Crippen molar-refractivity contribution < 1.29 is 9.18 Å². The lowest BCUT2D eigenvalue weighted by Gasteiger charge is -2.19. The number of anilines is 1. The van der Waals surface area contributed by atoms with Crippen LogP contribution in [0.5, 0.6) is 0 Å². The zero-order valence-electron chi connectivity index (χ0n) is 13.9. The Morgan fingerprint density at radius 3 is 2.60 bits per heavy atom. The third-order valence-corrected chi connectivity index (χ3v) is 4.51. The zero-order chi connectivity index (χ0) is 17.8. The van der Waals surface area contributed by atoms with Crippen molar-refractivity contribution in [3.05, 3.63) is 63.9 Å². The van der Waals surface area contributed by atoms with E-state index in [1.165, 1.54) is 12.3 Å². The summed E-state index contributed by atoms with van der Waals surface area (Å²) in [7, 11) is 0. The van der Waals surface area contributed by atoms with Gasteiger partial charge >= 0.3 is 0 Å². The zero-order valence-corrected chi connectivity index (χ0v) is 14.7. The first kappa shape index (κ1) is 17.4. The summed E-state index contributed by atoms with van der Waals surface area (Å²) in [6.07, 6.45) is 3.65. The van der Waals surface area contributed by atoms with Gasteiger partial charge in [-0.2, -0.15) is 5.10 Å². The van der Waals surface area contributed by atoms with E-state index in [9.17, 15) is 9.18 Å². The molecule has 130 valence electrons. The molecule has 1 aliphatic heterocycles. The van der Waals surface area contributed by atoms with Gasteiger partial charge in [0.1, 0.15) is 5.82 Å². The van der Waals surface area contributed by atoms with Crippen LogP contribution >= 0.6 is 11.6 Å². The lowest BCUT2D eigenvalue weighted by molar-refractivity contribution is 0.0955. The van der Waals surface area contributed by atoms with Crippen molar-refractivity contribution >= 4 is 29.4 Å². The number of hydrogen-bond acceptors (Lipinski definition) is 3. The highest BCUT2D eigenvalue weighted by atomic mass is 35.5. The quantitative estimate of drug-likeness (QED) is 0.658. The standard InChI is InChI=1S/C19H19ClFN3O/c1-13-10-18(24-8-2-3-9-24)17(21)11-15(13)12-22-23-19(25)14-4-6-16(20)7-5-14/h4-7,10-12H,2-3,8-9H2,1H3,(H,23,25)/b22-12-. The first-order chi connectivity index (χ1) is 12.0. The molecule has 0 spiro atoms. The first-order valence-electron chi connectivity index (χ1n) is 8.18. The fourth-order valence-electron chi connectivity index (χ4n) is 2.85. The van der Waals surface area contributed by atoms with Crippen molar-refractivity contribution in [2.24, 2.45) is 5.10 Å². The van der Waals surface area contributed by atoms with Crippen LogP contribution in [0.25, 0.3) is 0 Å². The fraction of sp³-hybridized carbons (Fsp3) is 0.263. The highest BCUT2D eigenvalue weighted by molar-refractivity contribution is 6.30. The summed E-state index contributed by atoms with van der Waals surface area (Å²) in [5, 5.41) is 4.49. The molecular formula is C19H19ClFN3O. The van der Waals surface area contributed by atoms with E-state index in [-0.39, 0.29) is 11.7 Å². The molecule has 2 aromatic carbocycles. The molecule has 0 radical (unpaired) electrons. The van der Waals surface area contributed by atoms with Crippen LogP contribution in [0, 0.1) is 12.7 Å². The number of nitrogens with one attached hydrogen (secondary N) is 1. The van der Waals surface area contributed by atoms with E-state index >= 15 is 0 Å². The summed E-state index contributed by atoms with van der Waals surface area (Å²) in [5.41, 5.74) is 5.07. The SMILES string of the molecule is Cc1cc(N2CCCC2)c(F)cc1/C=N\NC(=O)c1ccc(Cl)cc1. The maximum Gasteiger partial charge on any atom is 0.271 e. The highest BCUT2D eigenvalue weighted by Gasteiger charge is 2.17. The van der Waals surface area contributed by atoms with Gasteiger partial charge in [0, 0.05) is 29.2 Å². The van der Waals surface area contributed by atoms with Gasteiger partial charge in [-0.25, -0.2) is 9.82 Å². The summed E-state index contributed by atoms with van der Waals surface area (Å²) in [6.45, 7) is 3.68. The molecule has 3 rings (SSSR count). The van der Waals surface area contributed by atoms with Crippen LogP contribution in [0.2, 0.25) is 5.02 Å². The van der Waals surface area contributed by atoms with Crippen LogP contribution in [0.4, 0.5) is 10.1 Å². The van der Waals surface area contributed by atoms with Crippen molar-refractivity contribution in [1.29, 1.82) is 0 Å². The van der Waals surface area contributed by atoms with Crippen LogP contribution in [0.15, 0.2) is 41.5 Å². The third-order valence-electron chi connectivity index (χ3n) is 4.26. The summed E-state index contributed by atoms with van der Waals surface area (Å²) in [6, 6.07) is 9.80. The summed E-state index contributed by atoms with van der Waals surface area (Å²) in [4.78, 5) is 14.0. The minimum atomic E-state index is -0.347. The number of benzene rings is 2. The smallest absolute Gasteiger partial charge is 0.271 e. The molecule has 1 aliphatic rings. The molecule has 0 bridgehead atoms. The fourth-order valence-corrected chi connectivity index (χ4v) is 2.97. The molecular weight excluding hydrogens is 341 g/mol. The van der Waals surface area contributed by atoms with Gasteiger partial charge in [0.25, 0.3) is 5.91 Å². The number of carbonyl (C=O) groups is 1. The molecule has 6 heteroatoms. The van der Waals surface area contributed by atoms with E-state index in [0.29, 0.717) is 21.8 Å². The topological polar surface area (TPSA) is 44.7 Å². The Labute approximate surface area is 151 Å². The van der Waals surface area contributed by atoms with Crippen LogP contribution < -0.4 is 10.3 Å². The number of carbonyl (C=O) groups excluding carboxylic acids is 1. The number of rotatable bonds is 4. The van der Waals surface area contributed by atoms with Gasteiger partial charge in [0.2, 0.25) is 0 Å². The molecule has 0 aromatic heterocycles. The van der Waals surface area contributed by atoms with Gasteiger partial charge in [-0.15, -0.1) is 0 Å². The van der Waals surface area contributed by atoms with Crippen molar-refractivity contribution in [3.8, 4) is 0 Å². The van der Waals surface area contributed by atoms with E-state index in [2.05, 4.69) is 15.4 Å². The molecule has 4 nitrogen and oxygen atoms in total. The second-order valence-corrected chi connectivity index (χ2v) is 6.50. The minimum Gasteiger partial charge on any atom is -0.369 e. The Kier molecular flexibility index (Phi) is 5.34. The third kappa shape index (κ3) is 4.17. The molecule has 0 saturated carbocycles. The maximum absolute atomic E-state index is 14.4. The number of aryl methyl sites for hydroxylation is 1. The Morgan fingerprint density at radius 2 is 1.92 bits per heavy atom. The molecule has 2 aromatic rings. The van der Waals surface area contributed by atoms with E-state index in [4.69, 9.17) is 11.6 Å². The number of hydrazone groups is 1. The van der Waals surface area contributed by atoms with Crippen LogP contribution in [0.3, 0.4) is 0 Å². The Bertz CT molecular complexity index is 799.